The van der Waals surface area contributed by atoms with Gasteiger partial charge in [-0.25, -0.2) is 0 Å². The number of halogens is 2. The van der Waals surface area contributed by atoms with Crippen LogP contribution in [0.1, 0.15) is 11.1 Å². The molecule has 2 amide bonds. The summed E-state index contributed by atoms with van der Waals surface area (Å²) in [5.41, 5.74) is 3.03. The maximum atomic E-state index is 12.2. The molecule has 0 aliphatic rings. The van der Waals surface area contributed by atoms with Crippen LogP contribution in [0.5, 0.6) is 0 Å². The van der Waals surface area contributed by atoms with E-state index in [1.807, 2.05) is 48.5 Å². The summed E-state index contributed by atoms with van der Waals surface area (Å²) in [5, 5.41) is 5.58. The first-order chi connectivity index (χ1) is 14.5. The summed E-state index contributed by atoms with van der Waals surface area (Å²) in [6, 6.07) is 22.3. The molecular formula is C24H18Br2N2O2. The van der Waals surface area contributed by atoms with E-state index < -0.39 is 0 Å². The van der Waals surface area contributed by atoms with E-state index >= 15 is 0 Å². The zero-order chi connectivity index (χ0) is 21.3. The Morgan fingerprint density at radius 3 is 1.43 bits per heavy atom. The Bertz CT molecular complexity index is 1000. The standard InChI is InChI=1S/C24H18Br2N2O2/c25-19-10-4-17(5-11-19)8-14-23(29)27-21-2-1-3-22(16-21)28-24(30)15-9-18-6-12-20(26)13-7-18/h1-16H,(H,27,29)(H,28,30). The Labute approximate surface area is 192 Å². The summed E-state index contributed by atoms with van der Waals surface area (Å²) >= 11 is 6.76. The molecular weight excluding hydrogens is 508 g/mol. The molecule has 0 unspecified atom stereocenters. The summed E-state index contributed by atoms with van der Waals surface area (Å²) in [5.74, 6) is -0.506. The molecule has 3 aromatic carbocycles. The van der Waals surface area contributed by atoms with Crippen molar-refractivity contribution in [1.29, 1.82) is 0 Å². The van der Waals surface area contributed by atoms with E-state index in [-0.39, 0.29) is 11.8 Å². The van der Waals surface area contributed by atoms with Gasteiger partial charge in [0.2, 0.25) is 11.8 Å². The maximum absolute atomic E-state index is 12.2. The minimum atomic E-state index is -0.253. The molecule has 0 saturated heterocycles. The van der Waals surface area contributed by atoms with Gasteiger partial charge in [-0.1, -0.05) is 62.2 Å². The van der Waals surface area contributed by atoms with Crippen LogP contribution in [-0.2, 0) is 9.59 Å². The van der Waals surface area contributed by atoms with Crippen LogP contribution >= 0.6 is 31.9 Å². The lowest BCUT2D eigenvalue weighted by Crippen LogP contribution is -2.10. The largest absolute Gasteiger partial charge is 0.322 e. The first-order valence-corrected chi connectivity index (χ1v) is 10.7. The Morgan fingerprint density at radius 1 is 0.633 bits per heavy atom. The van der Waals surface area contributed by atoms with E-state index in [2.05, 4.69) is 42.5 Å². The van der Waals surface area contributed by atoms with E-state index in [0.717, 1.165) is 20.1 Å². The number of carbonyl (C=O) groups is 2. The monoisotopic (exact) mass is 524 g/mol. The minimum Gasteiger partial charge on any atom is -0.322 e. The molecule has 0 heterocycles. The van der Waals surface area contributed by atoms with Gasteiger partial charge in [0.25, 0.3) is 0 Å². The lowest BCUT2D eigenvalue weighted by molar-refractivity contribution is -0.112. The van der Waals surface area contributed by atoms with Crippen molar-refractivity contribution in [3.05, 3.63) is 105 Å². The van der Waals surface area contributed by atoms with Crippen molar-refractivity contribution in [2.75, 3.05) is 10.6 Å². The second-order valence-corrected chi connectivity index (χ2v) is 8.16. The van der Waals surface area contributed by atoms with Gasteiger partial charge in [-0.05, 0) is 65.7 Å². The fourth-order valence-corrected chi connectivity index (χ4v) is 3.06. The molecule has 6 heteroatoms. The number of nitrogens with one attached hydrogen (secondary N) is 2. The summed E-state index contributed by atoms with van der Waals surface area (Å²) in [6.07, 6.45) is 6.41. The summed E-state index contributed by atoms with van der Waals surface area (Å²) in [7, 11) is 0. The van der Waals surface area contributed by atoms with Gasteiger partial charge in [0, 0.05) is 32.5 Å². The summed E-state index contributed by atoms with van der Waals surface area (Å²) in [6.45, 7) is 0. The van der Waals surface area contributed by atoms with Crippen molar-refractivity contribution in [1.82, 2.24) is 0 Å². The van der Waals surface area contributed by atoms with Gasteiger partial charge in [0.1, 0.15) is 0 Å². The average molecular weight is 526 g/mol. The highest BCUT2D eigenvalue weighted by Gasteiger charge is 2.02. The molecule has 3 aromatic rings. The Balaban J connectivity index is 1.57. The number of hydrogen-bond donors (Lipinski definition) is 2. The highest BCUT2D eigenvalue weighted by Crippen LogP contribution is 2.16. The number of anilines is 2. The topological polar surface area (TPSA) is 58.2 Å². The van der Waals surface area contributed by atoms with Crippen LogP contribution in [0.4, 0.5) is 11.4 Å². The number of carbonyl (C=O) groups excluding carboxylic acids is 2. The lowest BCUT2D eigenvalue weighted by Gasteiger charge is -2.06. The van der Waals surface area contributed by atoms with Crippen LogP contribution in [0, 0.1) is 0 Å². The highest BCUT2D eigenvalue weighted by molar-refractivity contribution is 9.10. The van der Waals surface area contributed by atoms with Crippen molar-refractivity contribution < 1.29 is 9.59 Å². The fourth-order valence-electron chi connectivity index (χ4n) is 2.53. The molecule has 0 spiro atoms. The quantitative estimate of drug-likeness (QED) is 0.360. The third kappa shape index (κ3) is 7.13. The van der Waals surface area contributed by atoms with Crippen LogP contribution in [0.25, 0.3) is 12.2 Å². The van der Waals surface area contributed by atoms with Crippen molar-refractivity contribution in [3.8, 4) is 0 Å². The van der Waals surface area contributed by atoms with Gasteiger partial charge in [0.05, 0.1) is 0 Å². The van der Waals surface area contributed by atoms with Crippen molar-refractivity contribution in [2.45, 2.75) is 0 Å². The molecule has 150 valence electrons. The van der Waals surface area contributed by atoms with Gasteiger partial charge >= 0.3 is 0 Å². The van der Waals surface area contributed by atoms with Crippen LogP contribution in [0.2, 0.25) is 0 Å². The van der Waals surface area contributed by atoms with Crippen LogP contribution in [0.3, 0.4) is 0 Å². The lowest BCUT2D eigenvalue weighted by atomic mass is 10.2. The molecule has 0 bridgehead atoms. The smallest absolute Gasteiger partial charge is 0.248 e. The second-order valence-electron chi connectivity index (χ2n) is 6.33. The predicted octanol–water partition coefficient (Wildman–Crippen LogP) is 6.52. The number of rotatable bonds is 6. The summed E-state index contributed by atoms with van der Waals surface area (Å²) < 4.78 is 1.96. The van der Waals surface area contributed by atoms with Crippen LogP contribution < -0.4 is 10.6 Å². The Kier molecular flexibility index (Phi) is 7.76. The molecule has 0 fully saturated rings. The number of benzene rings is 3. The fraction of sp³-hybridized carbons (Fsp3) is 0. The van der Waals surface area contributed by atoms with E-state index in [9.17, 15) is 9.59 Å². The van der Waals surface area contributed by atoms with E-state index in [4.69, 9.17) is 0 Å². The van der Waals surface area contributed by atoms with Gasteiger partial charge in [0.15, 0.2) is 0 Å². The summed E-state index contributed by atoms with van der Waals surface area (Å²) in [4.78, 5) is 24.3. The maximum Gasteiger partial charge on any atom is 0.248 e. The van der Waals surface area contributed by atoms with E-state index in [1.54, 1.807) is 36.4 Å². The van der Waals surface area contributed by atoms with Gasteiger partial charge in [-0.3, -0.25) is 9.59 Å². The van der Waals surface area contributed by atoms with Crippen LogP contribution in [0.15, 0.2) is 93.9 Å². The molecule has 0 atom stereocenters. The average Bonchev–Trinajstić information content (AvgIpc) is 2.73. The SMILES string of the molecule is O=C(C=Cc1ccc(Br)cc1)Nc1cccc(NC(=O)C=Cc2ccc(Br)cc2)c1. The second kappa shape index (κ2) is 10.7. The number of amides is 2. The Hall–Kier alpha value is -2.96. The third-order valence-corrected chi connectivity index (χ3v) is 5.05. The Morgan fingerprint density at radius 2 is 1.03 bits per heavy atom. The highest BCUT2D eigenvalue weighted by atomic mass is 79.9. The number of hydrogen-bond acceptors (Lipinski definition) is 2. The van der Waals surface area contributed by atoms with E-state index in [0.29, 0.717) is 11.4 Å². The first kappa shape index (κ1) is 21.7. The molecule has 0 aromatic heterocycles. The van der Waals surface area contributed by atoms with Gasteiger partial charge < -0.3 is 10.6 Å². The van der Waals surface area contributed by atoms with E-state index in [1.165, 1.54) is 12.2 Å². The zero-order valence-corrected chi connectivity index (χ0v) is 19.0. The molecule has 30 heavy (non-hydrogen) atoms. The third-order valence-electron chi connectivity index (χ3n) is 3.99. The van der Waals surface area contributed by atoms with Gasteiger partial charge in [-0.2, -0.15) is 0 Å². The minimum absolute atomic E-state index is 0.253. The van der Waals surface area contributed by atoms with Crippen molar-refractivity contribution in [2.24, 2.45) is 0 Å². The normalized spacial score (nSPS) is 11.0. The molecule has 3 rings (SSSR count). The molecule has 0 saturated carbocycles. The molecule has 0 aliphatic heterocycles. The molecule has 4 nitrogen and oxygen atoms in total. The van der Waals surface area contributed by atoms with Crippen molar-refractivity contribution in [3.63, 3.8) is 0 Å². The van der Waals surface area contributed by atoms with Crippen LogP contribution in [-0.4, -0.2) is 11.8 Å². The molecule has 0 radical (unpaired) electrons. The zero-order valence-electron chi connectivity index (χ0n) is 15.8. The van der Waals surface area contributed by atoms with Crippen molar-refractivity contribution >= 4 is 67.2 Å². The molecule has 0 aliphatic carbocycles. The molecule has 2 N–H and O–H groups in total. The predicted molar refractivity (Wildman–Crippen MR) is 130 cm³/mol. The first-order valence-electron chi connectivity index (χ1n) is 9.07. The van der Waals surface area contributed by atoms with Gasteiger partial charge in [-0.15, -0.1) is 0 Å².